The standard InChI is InChI=1S/C20H22N6O2/c1-25-23-19(22-24-25)14-7-5-8-15(13-14)21-20(27)26-12-6-10-17(26)16-9-3-4-11-18(16)28-2/h3-5,7-9,11,13,17H,6,10,12H2,1-2H3,(H,21,27)/t17-/m1/s1. The summed E-state index contributed by atoms with van der Waals surface area (Å²) in [5.41, 5.74) is 2.53. The van der Waals surface area contributed by atoms with Gasteiger partial charge >= 0.3 is 6.03 Å². The van der Waals surface area contributed by atoms with Gasteiger partial charge in [0.1, 0.15) is 5.75 Å². The maximum absolute atomic E-state index is 13.0. The summed E-state index contributed by atoms with van der Waals surface area (Å²) in [6.45, 7) is 0.708. The SMILES string of the molecule is COc1ccccc1[C@H]1CCCN1C(=O)Nc1cccc(-c2nnn(C)n2)c1. The highest BCUT2D eigenvalue weighted by molar-refractivity contribution is 5.90. The number of ether oxygens (including phenoxy) is 1. The summed E-state index contributed by atoms with van der Waals surface area (Å²) in [4.78, 5) is 16.2. The molecule has 1 atom stereocenters. The Bertz CT molecular complexity index is 986. The van der Waals surface area contributed by atoms with Crippen LogP contribution in [0, 0.1) is 0 Å². The normalized spacial score (nSPS) is 16.2. The number of nitrogens with one attached hydrogen (secondary N) is 1. The topological polar surface area (TPSA) is 85.2 Å². The molecule has 0 unspecified atom stereocenters. The van der Waals surface area contributed by atoms with Crippen molar-refractivity contribution in [2.45, 2.75) is 18.9 Å². The molecule has 1 aliphatic rings. The zero-order valence-corrected chi connectivity index (χ0v) is 15.9. The molecule has 0 radical (unpaired) electrons. The molecular formula is C20H22N6O2. The van der Waals surface area contributed by atoms with Gasteiger partial charge in [0, 0.05) is 23.4 Å². The van der Waals surface area contributed by atoms with E-state index in [0.717, 1.165) is 29.7 Å². The van der Waals surface area contributed by atoms with Crippen molar-refractivity contribution in [3.63, 3.8) is 0 Å². The van der Waals surface area contributed by atoms with Gasteiger partial charge in [-0.15, -0.1) is 10.2 Å². The van der Waals surface area contributed by atoms with Crippen molar-refractivity contribution < 1.29 is 9.53 Å². The molecule has 2 amide bonds. The van der Waals surface area contributed by atoms with E-state index in [1.165, 1.54) is 4.80 Å². The highest BCUT2D eigenvalue weighted by Crippen LogP contribution is 2.37. The first-order valence-corrected chi connectivity index (χ1v) is 9.20. The third-order valence-corrected chi connectivity index (χ3v) is 4.89. The number of likely N-dealkylation sites (tertiary alicyclic amines) is 1. The summed E-state index contributed by atoms with van der Waals surface area (Å²) in [6.07, 6.45) is 1.87. The van der Waals surface area contributed by atoms with Gasteiger partial charge in [-0.05, 0) is 36.3 Å². The molecular weight excluding hydrogens is 356 g/mol. The predicted molar refractivity (Wildman–Crippen MR) is 105 cm³/mol. The van der Waals surface area contributed by atoms with Crippen molar-refractivity contribution in [3.05, 3.63) is 54.1 Å². The Morgan fingerprint density at radius 3 is 2.86 bits per heavy atom. The second-order valence-corrected chi connectivity index (χ2v) is 6.71. The third-order valence-electron chi connectivity index (χ3n) is 4.89. The first-order chi connectivity index (χ1) is 13.7. The van der Waals surface area contributed by atoms with Crippen LogP contribution in [0.5, 0.6) is 5.75 Å². The van der Waals surface area contributed by atoms with Crippen molar-refractivity contribution >= 4 is 11.7 Å². The van der Waals surface area contributed by atoms with Gasteiger partial charge in [0.2, 0.25) is 5.82 Å². The molecule has 2 aromatic carbocycles. The fraction of sp³-hybridized carbons (Fsp3) is 0.300. The Hall–Kier alpha value is -3.42. The Morgan fingerprint density at radius 2 is 2.07 bits per heavy atom. The molecule has 28 heavy (non-hydrogen) atoms. The maximum atomic E-state index is 13.0. The van der Waals surface area contributed by atoms with Crippen molar-refractivity contribution in [1.82, 2.24) is 25.1 Å². The first-order valence-electron chi connectivity index (χ1n) is 9.20. The van der Waals surface area contributed by atoms with Crippen LogP contribution in [0.3, 0.4) is 0 Å². The maximum Gasteiger partial charge on any atom is 0.322 e. The number of hydrogen-bond donors (Lipinski definition) is 1. The number of urea groups is 1. The molecule has 0 aliphatic carbocycles. The number of carbonyl (C=O) groups excluding carboxylic acids is 1. The molecule has 1 aromatic heterocycles. The summed E-state index contributed by atoms with van der Waals surface area (Å²) in [5, 5.41) is 15.1. The van der Waals surface area contributed by atoms with Crippen molar-refractivity contribution in [2.24, 2.45) is 7.05 Å². The van der Waals surface area contributed by atoms with Gasteiger partial charge in [-0.3, -0.25) is 0 Å². The second kappa shape index (κ2) is 7.67. The van der Waals surface area contributed by atoms with E-state index in [1.807, 2.05) is 53.4 Å². The summed E-state index contributed by atoms with van der Waals surface area (Å²) < 4.78 is 5.49. The fourth-order valence-corrected chi connectivity index (χ4v) is 3.61. The number of para-hydroxylation sites is 1. The summed E-state index contributed by atoms with van der Waals surface area (Å²) in [6, 6.07) is 15.2. The number of anilines is 1. The van der Waals surface area contributed by atoms with E-state index in [2.05, 4.69) is 20.7 Å². The number of aromatic nitrogens is 4. The first kappa shape index (κ1) is 18.0. The molecule has 4 rings (SSSR count). The Kier molecular flexibility index (Phi) is 4.92. The van der Waals surface area contributed by atoms with Crippen LogP contribution in [0.4, 0.5) is 10.5 Å². The third kappa shape index (κ3) is 3.53. The van der Waals surface area contributed by atoms with E-state index in [4.69, 9.17) is 4.74 Å². The molecule has 8 nitrogen and oxygen atoms in total. The molecule has 0 bridgehead atoms. The summed E-state index contributed by atoms with van der Waals surface area (Å²) >= 11 is 0. The molecule has 1 saturated heterocycles. The Balaban J connectivity index is 1.53. The summed E-state index contributed by atoms with van der Waals surface area (Å²) in [5.74, 6) is 1.33. The Labute approximate surface area is 163 Å². The van der Waals surface area contributed by atoms with Gasteiger partial charge < -0.3 is 15.0 Å². The minimum absolute atomic E-state index is 0.000916. The van der Waals surface area contributed by atoms with Crippen LogP contribution in [0.1, 0.15) is 24.4 Å². The minimum Gasteiger partial charge on any atom is -0.496 e. The van der Waals surface area contributed by atoms with Crippen LogP contribution < -0.4 is 10.1 Å². The monoisotopic (exact) mass is 378 g/mol. The van der Waals surface area contributed by atoms with E-state index >= 15 is 0 Å². The van der Waals surface area contributed by atoms with Crippen LogP contribution in [0.15, 0.2) is 48.5 Å². The number of methoxy groups -OCH3 is 1. The van der Waals surface area contributed by atoms with E-state index in [0.29, 0.717) is 18.1 Å². The van der Waals surface area contributed by atoms with E-state index in [9.17, 15) is 4.79 Å². The number of amides is 2. The van der Waals surface area contributed by atoms with Crippen molar-refractivity contribution in [1.29, 1.82) is 0 Å². The van der Waals surface area contributed by atoms with Crippen LogP contribution in [0.25, 0.3) is 11.4 Å². The van der Waals surface area contributed by atoms with Gasteiger partial charge in [-0.2, -0.15) is 4.80 Å². The number of benzene rings is 2. The zero-order valence-electron chi connectivity index (χ0n) is 15.9. The lowest BCUT2D eigenvalue weighted by atomic mass is 10.0. The molecule has 0 saturated carbocycles. The van der Waals surface area contributed by atoms with E-state index in [-0.39, 0.29) is 12.1 Å². The van der Waals surface area contributed by atoms with Gasteiger partial charge in [0.15, 0.2) is 0 Å². The molecule has 0 spiro atoms. The molecule has 2 heterocycles. The lowest BCUT2D eigenvalue weighted by molar-refractivity contribution is 0.206. The van der Waals surface area contributed by atoms with Gasteiger partial charge in [-0.1, -0.05) is 30.3 Å². The zero-order chi connectivity index (χ0) is 19.5. The molecule has 3 aromatic rings. The summed E-state index contributed by atoms with van der Waals surface area (Å²) in [7, 11) is 3.37. The van der Waals surface area contributed by atoms with Gasteiger partial charge in [0.05, 0.1) is 20.2 Å². The van der Waals surface area contributed by atoms with Gasteiger partial charge in [-0.25, -0.2) is 4.79 Å². The number of hydrogen-bond acceptors (Lipinski definition) is 5. The number of carbonyl (C=O) groups is 1. The van der Waals surface area contributed by atoms with Crippen molar-refractivity contribution in [2.75, 3.05) is 19.0 Å². The molecule has 144 valence electrons. The van der Waals surface area contributed by atoms with E-state index < -0.39 is 0 Å². The molecule has 8 heteroatoms. The number of rotatable bonds is 4. The molecule has 1 fully saturated rings. The van der Waals surface area contributed by atoms with E-state index in [1.54, 1.807) is 14.2 Å². The second-order valence-electron chi connectivity index (χ2n) is 6.71. The van der Waals surface area contributed by atoms with Crippen LogP contribution in [-0.4, -0.2) is 44.8 Å². The van der Waals surface area contributed by atoms with Crippen LogP contribution >= 0.6 is 0 Å². The lowest BCUT2D eigenvalue weighted by Gasteiger charge is -2.26. The smallest absolute Gasteiger partial charge is 0.322 e. The quantitative estimate of drug-likeness (QED) is 0.753. The van der Waals surface area contributed by atoms with Crippen molar-refractivity contribution in [3.8, 4) is 17.1 Å². The fourth-order valence-electron chi connectivity index (χ4n) is 3.61. The number of aryl methyl sites for hydroxylation is 1. The Morgan fingerprint density at radius 1 is 1.21 bits per heavy atom. The van der Waals surface area contributed by atoms with Crippen LogP contribution in [-0.2, 0) is 7.05 Å². The van der Waals surface area contributed by atoms with Gasteiger partial charge in [0.25, 0.3) is 0 Å². The highest BCUT2D eigenvalue weighted by Gasteiger charge is 2.31. The largest absolute Gasteiger partial charge is 0.496 e. The average Bonchev–Trinajstić information content (AvgIpc) is 3.37. The predicted octanol–water partition coefficient (Wildman–Crippen LogP) is 3.25. The lowest BCUT2D eigenvalue weighted by Crippen LogP contribution is -2.34. The molecule has 1 aliphatic heterocycles. The average molecular weight is 378 g/mol. The minimum atomic E-state index is -0.127. The number of tetrazole rings is 1. The van der Waals surface area contributed by atoms with Crippen LogP contribution in [0.2, 0.25) is 0 Å². The number of nitrogens with zero attached hydrogens (tertiary/aromatic N) is 5. The molecule has 1 N–H and O–H groups in total. The highest BCUT2D eigenvalue weighted by atomic mass is 16.5.